The van der Waals surface area contributed by atoms with Crippen LogP contribution >= 0.6 is 0 Å². The molecule has 2 aliphatic rings. The summed E-state index contributed by atoms with van der Waals surface area (Å²) in [6.45, 7) is 0.890. The van der Waals surface area contributed by atoms with Crippen LogP contribution in [-0.4, -0.2) is 21.4 Å². The maximum atomic E-state index is 13.3. The molecule has 3 nitrogen and oxygen atoms in total. The molecule has 1 heterocycles. The second-order valence-electron chi connectivity index (χ2n) is 9.83. The van der Waals surface area contributed by atoms with Gasteiger partial charge in [0.2, 0.25) is 5.91 Å². The number of alkyl halides is 3. The van der Waals surface area contributed by atoms with Crippen molar-refractivity contribution < 1.29 is 18.0 Å². The van der Waals surface area contributed by atoms with Gasteiger partial charge in [-0.25, -0.2) is 0 Å². The van der Waals surface area contributed by atoms with Gasteiger partial charge in [0, 0.05) is 30.9 Å². The molecule has 0 aliphatic heterocycles. The van der Waals surface area contributed by atoms with Crippen molar-refractivity contribution in [1.29, 1.82) is 0 Å². The van der Waals surface area contributed by atoms with Crippen LogP contribution in [-0.2, 0) is 24.1 Å². The lowest BCUT2D eigenvalue weighted by Gasteiger charge is -2.35. The molecule has 1 aromatic heterocycles. The number of carbonyl (C=O) groups excluding carboxylic acids is 1. The van der Waals surface area contributed by atoms with Crippen molar-refractivity contribution in [3.63, 3.8) is 0 Å². The first-order valence-electron chi connectivity index (χ1n) is 12.5. The van der Waals surface area contributed by atoms with Crippen molar-refractivity contribution in [3.05, 3.63) is 59.4 Å². The lowest BCUT2D eigenvalue weighted by Crippen LogP contribution is -2.41. The zero-order valence-corrected chi connectivity index (χ0v) is 19.3. The molecular formula is C27H35F3N2O. The molecule has 0 N–H and O–H groups in total. The molecule has 0 radical (unpaired) electrons. The number of hydrogen-bond donors (Lipinski definition) is 0. The van der Waals surface area contributed by atoms with Gasteiger partial charge in [-0.3, -0.25) is 4.79 Å². The Morgan fingerprint density at radius 3 is 2.42 bits per heavy atom. The van der Waals surface area contributed by atoms with Crippen LogP contribution in [0.25, 0.3) is 0 Å². The Morgan fingerprint density at radius 1 is 0.970 bits per heavy atom. The molecule has 6 heteroatoms. The summed E-state index contributed by atoms with van der Waals surface area (Å²) in [5.74, 6) is 0.924. The van der Waals surface area contributed by atoms with E-state index in [2.05, 4.69) is 4.90 Å². The van der Waals surface area contributed by atoms with Gasteiger partial charge in [0.05, 0.1) is 12.1 Å². The summed E-state index contributed by atoms with van der Waals surface area (Å²) in [5.41, 5.74) is 0.964. The minimum Gasteiger partial charge on any atom is -0.345 e. The Hall–Kier alpha value is -2.24. The molecule has 33 heavy (non-hydrogen) atoms. The van der Waals surface area contributed by atoms with Gasteiger partial charge in [0.1, 0.15) is 0 Å². The Morgan fingerprint density at radius 2 is 1.70 bits per heavy atom. The van der Waals surface area contributed by atoms with Gasteiger partial charge < -0.3 is 9.47 Å². The van der Waals surface area contributed by atoms with E-state index in [0.717, 1.165) is 43.9 Å². The van der Waals surface area contributed by atoms with Gasteiger partial charge in [0.25, 0.3) is 0 Å². The standard InChI is InChI=1S/C27H35F3N2O/c28-27(29,30)23-11-6-10-22(18-23)19-31-17-7-14-25(31)20-32(24-12-2-1-3-13-24)26(33)16-15-21-8-4-5-9-21/h6-7,10-11,14,17-18,21,24H,1-5,8-9,12-13,15-16,19-20H2. The van der Waals surface area contributed by atoms with Crippen molar-refractivity contribution in [3.8, 4) is 0 Å². The molecule has 4 rings (SSSR count). The predicted molar refractivity (Wildman–Crippen MR) is 124 cm³/mol. The fourth-order valence-corrected chi connectivity index (χ4v) is 5.55. The Labute approximate surface area is 195 Å². The molecule has 1 amide bonds. The predicted octanol–water partition coefficient (Wildman–Crippen LogP) is 7.19. The van der Waals surface area contributed by atoms with Crippen LogP contribution in [0.3, 0.4) is 0 Å². The first-order valence-corrected chi connectivity index (χ1v) is 12.5. The monoisotopic (exact) mass is 460 g/mol. The average Bonchev–Trinajstić information content (AvgIpc) is 3.48. The number of carbonyl (C=O) groups is 1. The van der Waals surface area contributed by atoms with Gasteiger partial charge in [-0.2, -0.15) is 13.2 Å². The average molecular weight is 461 g/mol. The quantitative estimate of drug-likeness (QED) is 0.409. The zero-order valence-electron chi connectivity index (χ0n) is 19.3. The van der Waals surface area contributed by atoms with Gasteiger partial charge in [0.15, 0.2) is 0 Å². The smallest absolute Gasteiger partial charge is 0.345 e. The third kappa shape index (κ3) is 6.42. The molecule has 0 bridgehead atoms. The second-order valence-corrected chi connectivity index (χ2v) is 9.83. The lowest BCUT2D eigenvalue weighted by molar-refractivity contribution is -0.137. The van der Waals surface area contributed by atoms with Crippen LogP contribution in [0.1, 0.15) is 87.4 Å². The molecule has 0 spiro atoms. The summed E-state index contributed by atoms with van der Waals surface area (Å²) in [7, 11) is 0. The molecule has 0 atom stereocenters. The minimum atomic E-state index is -4.35. The molecule has 180 valence electrons. The molecule has 2 saturated carbocycles. The number of benzene rings is 1. The highest BCUT2D eigenvalue weighted by Crippen LogP contribution is 2.31. The summed E-state index contributed by atoms with van der Waals surface area (Å²) in [4.78, 5) is 15.4. The van der Waals surface area contributed by atoms with E-state index in [-0.39, 0.29) is 11.9 Å². The van der Waals surface area contributed by atoms with Crippen molar-refractivity contribution >= 4 is 5.91 Å². The third-order valence-corrected chi connectivity index (χ3v) is 7.44. The molecule has 2 fully saturated rings. The zero-order chi connectivity index (χ0) is 23.3. The van der Waals surface area contributed by atoms with E-state index in [1.807, 2.05) is 22.9 Å². The van der Waals surface area contributed by atoms with E-state index < -0.39 is 11.7 Å². The molecule has 1 aromatic carbocycles. The first-order chi connectivity index (χ1) is 15.9. The number of rotatable bonds is 8. The van der Waals surface area contributed by atoms with Crippen LogP contribution in [0.15, 0.2) is 42.6 Å². The maximum Gasteiger partial charge on any atom is 0.416 e. The van der Waals surface area contributed by atoms with E-state index in [1.54, 1.807) is 6.07 Å². The normalized spacial score (nSPS) is 18.0. The second kappa shape index (κ2) is 10.8. The summed E-state index contributed by atoms with van der Waals surface area (Å²) < 4.78 is 41.4. The van der Waals surface area contributed by atoms with Gasteiger partial charge >= 0.3 is 6.18 Å². The fourth-order valence-electron chi connectivity index (χ4n) is 5.55. The van der Waals surface area contributed by atoms with Crippen molar-refractivity contribution in [2.75, 3.05) is 0 Å². The van der Waals surface area contributed by atoms with Gasteiger partial charge in [-0.05, 0) is 55.0 Å². The van der Waals surface area contributed by atoms with Crippen LogP contribution in [0.4, 0.5) is 13.2 Å². The van der Waals surface area contributed by atoms with E-state index in [1.165, 1.54) is 44.2 Å². The van der Waals surface area contributed by atoms with E-state index in [9.17, 15) is 18.0 Å². The number of nitrogens with zero attached hydrogens (tertiary/aromatic N) is 2. The summed E-state index contributed by atoms with van der Waals surface area (Å²) in [6.07, 6.45) is 9.83. The molecule has 0 unspecified atom stereocenters. The van der Waals surface area contributed by atoms with Crippen molar-refractivity contribution in [2.45, 2.75) is 95.9 Å². The molecular weight excluding hydrogens is 425 g/mol. The summed E-state index contributed by atoms with van der Waals surface area (Å²) in [6, 6.07) is 9.70. The van der Waals surface area contributed by atoms with Crippen LogP contribution < -0.4 is 0 Å². The SMILES string of the molecule is O=C(CCC1CCCC1)N(Cc1cccn1Cc1cccc(C(F)(F)F)c1)C1CCCCC1. The number of halogens is 3. The van der Waals surface area contributed by atoms with E-state index in [4.69, 9.17) is 0 Å². The minimum absolute atomic E-state index is 0.237. The van der Waals surface area contributed by atoms with Gasteiger partial charge in [-0.15, -0.1) is 0 Å². The Balaban J connectivity index is 1.47. The Kier molecular flexibility index (Phi) is 7.82. The highest BCUT2D eigenvalue weighted by atomic mass is 19.4. The highest BCUT2D eigenvalue weighted by molar-refractivity contribution is 5.76. The third-order valence-electron chi connectivity index (χ3n) is 7.44. The highest BCUT2D eigenvalue weighted by Gasteiger charge is 2.30. The Bertz CT molecular complexity index is 908. The molecule has 2 aliphatic carbocycles. The number of aromatic nitrogens is 1. The van der Waals surface area contributed by atoms with Crippen LogP contribution in [0, 0.1) is 5.92 Å². The first kappa shape index (κ1) is 23.9. The van der Waals surface area contributed by atoms with E-state index >= 15 is 0 Å². The molecule has 0 saturated heterocycles. The van der Waals surface area contributed by atoms with Crippen LogP contribution in [0.2, 0.25) is 0 Å². The van der Waals surface area contributed by atoms with Crippen molar-refractivity contribution in [1.82, 2.24) is 9.47 Å². The number of hydrogen-bond acceptors (Lipinski definition) is 1. The fraction of sp³-hybridized carbons (Fsp3) is 0.593. The number of amides is 1. The van der Waals surface area contributed by atoms with E-state index in [0.29, 0.717) is 31.0 Å². The topological polar surface area (TPSA) is 25.2 Å². The largest absolute Gasteiger partial charge is 0.416 e. The summed E-state index contributed by atoms with van der Waals surface area (Å²) in [5, 5.41) is 0. The molecule has 2 aromatic rings. The van der Waals surface area contributed by atoms with Gasteiger partial charge in [-0.1, -0.05) is 57.1 Å². The summed E-state index contributed by atoms with van der Waals surface area (Å²) >= 11 is 0. The lowest BCUT2D eigenvalue weighted by atomic mass is 9.93. The van der Waals surface area contributed by atoms with Crippen molar-refractivity contribution in [2.24, 2.45) is 5.92 Å². The van der Waals surface area contributed by atoms with Crippen LogP contribution in [0.5, 0.6) is 0 Å². The maximum absolute atomic E-state index is 13.3.